The standard InChI is InChI=1S/C13H19NO5/c1-7(15)18-11-9-5-6-10(14(9)3)12(13(11)17-4)19-8(2)16/h5-6,9-13H,1-4H3/t9-,10+,11+,12-,13?. The average Bonchev–Trinajstić information content (AvgIpc) is 2.60. The molecular weight excluding hydrogens is 250 g/mol. The van der Waals surface area contributed by atoms with Gasteiger partial charge in [0.15, 0.2) is 12.2 Å². The average molecular weight is 269 g/mol. The van der Waals surface area contributed by atoms with E-state index in [-0.39, 0.29) is 24.0 Å². The highest BCUT2D eigenvalue weighted by molar-refractivity contribution is 5.67. The van der Waals surface area contributed by atoms with E-state index in [1.165, 1.54) is 21.0 Å². The van der Waals surface area contributed by atoms with E-state index in [9.17, 15) is 9.59 Å². The van der Waals surface area contributed by atoms with Crippen molar-refractivity contribution in [2.45, 2.75) is 44.2 Å². The normalized spacial score (nSPS) is 37.2. The predicted octanol–water partition coefficient (Wildman–Crippen LogP) is 0.117. The number of carbonyl (C=O) groups is 2. The van der Waals surface area contributed by atoms with Crippen LogP contribution >= 0.6 is 0 Å². The van der Waals surface area contributed by atoms with Gasteiger partial charge >= 0.3 is 11.9 Å². The van der Waals surface area contributed by atoms with Gasteiger partial charge in [0.05, 0.1) is 12.1 Å². The van der Waals surface area contributed by atoms with Crippen molar-refractivity contribution in [1.82, 2.24) is 4.90 Å². The van der Waals surface area contributed by atoms with Gasteiger partial charge in [0, 0.05) is 21.0 Å². The van der Waals surface area contributed by atoms with Crippen LogP contribution in [0.1, 0.15) is 13.8 Å². The predicted molar refractivity (Wildman–Crippen MR) is 66.4 cm³/mol. The lowest BCUT2D eigenvalue weighted by atomic mass is 9.93. The number of methoxy groups -OCH3 is 1. The number of esters is 2. The number of fused-ring (bicyclic) bond motifs is 2. The maximum atomic E-state index is 11.3. The summed E-state index contributed by atoms with van der Waals surface area (Å²) in [6.07, 6.45) is 2.51. The quantitative estimate of drug-likeness (QED) is 0.535. The SMILES string of the molecule is COC1[C@@H](OC(C)=O)[C@H]2C=C[C@@H]([C@H]1OC(C)=O)N2C. The summed E-state index contributed by atoms with van der Waals surface area (Å²) in [5.74, 6) is -0.749. The van der Waals surface area contributed by atoms with Crippen molar-refractivity contribution in [2.75, 3.05) is 14.2 Å². The highest BCUT2D eigenvalue weighted by Crippen LogP contribution is 2.34. The second-order valence-electron chi connectivity index (χ2n) is 4.88. The Bertz CT molecular complexity index is 374. The summed E-state index contributed by atoms with van der Waals surface area (Å²) in [6.45, 7) is 2.72. The maximum absolute atomic E-state index is 11.3. The van der Waals surface area contributed by atoms with Gasteiger partial charge in [-0.15, -0.1) is 0 Å². The maximum Gasteiger partial charge on any atom is 0.303 e. The zero-order chi connectivity index (χ0) is 14.2. The Morgan fingerprint density at radius 3 is 1.68 bits per heavy atom. The minimum Gasteiger partial charge on any atom is -0.458 e. The highest BCUT2D eigenvalue weighted by atomic mass is 16.6. The minimum atomic E-state index is -0.480. The van der Waals surface area contributed by atoms with Crippen LogP contribution in [0.15, 0.2) is 12.2 Å². The van der Waals surface area contributed by atoms with Crippen LogP contribution in [0.4, 0.5) is 0 Å². The number of likely N-dealkylation sites (N-methyl/N-ethyl adjacent to an activating group) is 1. The van der Waals surface area contributed by atoms with Crippen molar-refractivity contribution in [3.63, 3.8) is 0 Å². The monoisotopic (exact) mass is 269 g/mol. The van der Waals surface area contributed by atoms with Crippen LogP contribution in [-0.2, 0) is 23.8 Å². The lowest BCUT2D eigenvalue weighted by molar-refractivity contribution is -0.193. The van der Waals surface area contributed by atoms with Crippen LogP contribution in [0, 0.1) is 0 Å². The van der Waals surface area contributed by atoms with Crippen molar-refractivity contribution >= 4 is 11.9 Å². The molecule has 0 amide bonds. The molecule has 0 spiro atoms. The largest absolute Gasteiger partial charge is 0.458 e. The molecule has 106 valence electrons. The molecule has 2 bridgehead atoms. The molecule has 6 nitrogen and oxygen atoms in total. The molecule has 0 aromatic rings. The Balaban J connectivity index is 2.28. The molecule has 1 unspecified atom stereocenters. The van der Waals surface area contributed by atoms with Gasteiger partial charge in [-0.05, 0) is 7.05 Å². The molecule has 1 fully saturated rings. The fourth-order valence-corrected chi connectivity index (χ4v) is 2.88. The van der Waals surface area contributed by atoms with Gasteiger partial charge in [-0.3, -0.25) is 14.5 Å². The molecule has 0 aromatic heterocycles. The van der Waals surface area contributed by atoms with Crippen molar-refractivity contribution in [3.8, 4) is 0 Å². The Morgan fingerprint density at radius 1 is 0.947 bits per heavy atom. The molecule has 6 heteroatoms. The molecule has 2 aliphatic heterocycles. The summed E-state index contributed by atoms with van der Waals surface area (Å²) in [4.78, 5) is 24.5. The molecular formula is C13H19NO5. The Labute approximate surface area is 112 Å². The summed E-state index contributed by atoms with van der Waals surface area (Å²) in [7, 11) is 3.44. The fourth-order valence-electron chi connectivity index (χ4n) is 2.88. The van der Waals surface area contributed by atoms with E-state index < -0.39 is 18.3 Å². The molecule has 19 heavy (non-hydrogen) atoms. The van der Waals surface area contributed by atoms with Crippen molar-refractivity contribution in [2.24, 2.45) is 0 Å². The van der Waals surface area contributed by atoms with E-state index in [1.807, 2.05) is 24.1 Å². The first-order chi connectivity index (χ1) is 8.95. The third-order valence-electron chi connectivity index (χ3n) is 3.64. The van der Waals surface area contributed by atoms with Crippen LogP contribution in [0.25, 0.3) is 0 Å². The molecule has 2 aliphatic rings. The van der Waals surface area contributed by atoms with Gasteiger partial charge in [0.25, 0.3) is 0 Å². The zero-order valence-corrected chi connectivity index (χ0v) is 11.5. The zero-order valence-electron chi connectivity index (χ0n) is 11.5. The first kappa shape index (κ1) is 14.0. The van der Waals surface area contributed by atoms with Crippen molar-refractivity contribution in [3.05, 3.63) is 12.2 Å². The fraction of sp³-hybridized carbons (Fsp3) is 0.692. The lowest BCUT2D eigenvalue weighted by Crippen LogP contribution is -2.63. The Kier molecular flexibility index (Phi) is 3.91. The summed E-state index contributed by atoms with van der Waals surface area (Å²) in [6, 6.07) is -0.101. The van der Waals surface area contributed by atoms with Crippen molar-refractivity contribution in [1.29, 1.82) is 0 Å². The minimum absolute atomic E-state index is 0.0503. The number of piperidine rings is 1. The number of carbonyl (C=O) groups excluding carboxylic acids is 2. The van der Waals surface area contributed by atoms with Gasteiger partial charge in [-0.25, -0.2) is 0 Å². The first-order valence-electron chi connectivity index (χ1n) is 6.23. The van der Waals surface area contributed by atoms with Gasteiger partial charge in [0.2, 0.25) is 0 Å². The second-order valence-corrected chi connectivity index (χ2v) is 4.88. The molecule has 0 radical (unpaired) electrons. The molecule has 0 aliphatic carbocycles. The van der Waals surface area contributed by atoms with E-state index in [0.29, 0.717) is 0 Å². The van der Waals surface area contributed by atoms with E-state index in [0.717, 1.165) is 0 Å². The van der Waals surface area contributed by atoms with Crippen LogP contribution in [-0.4, -0.2) is 61.4 Å². The lowest BCUT2D eigenvalue weighted by Gasteiger charge is -2.45. The van der Waals surface area contributed by atoms with E-state index >= 15 is 0 Å². The van der Waals surface area contributed by atoms with Crippen molar-refractivity contribution < 1.29 is 23.8 Å². The summed E-state index contributed by atoms with van der Waals surface area (Å²) in [5, 5.41) is 0. The van der Waals surface area contributed by atoms with Gasteiger partial charge in [-0.2, -0.15) is 0 Å². The smallest absolute Gasteiger partial charge is 0.303 e. The molecule has 2 heterocycles. The molecule has 0 saturated carbocycles. The van der Waals surface area contributed by atoms with E-state index in [2.05, 4.69) is 0 Å². The first-order valence-corrected chi connectivity index (χ1v) is 6.23. The molecule has 1 saturated heterocycles. The van der Waals surface area contributed by atoms with Gasteiger partial charge in [-0.1, -0.05) is 12.2 Å². The van der Waals surface area contributed by atoms with E-state index in [1.54, 1.807) is 0 Å². The van der Waals surface area contributed by atoms with Gasteiger partial charge in [0.1, 0.15) is 6.10 Å². The topological polar surface area (TPSA) is 65.1 Å². The molecule has 0 aromatic carbocycles. The van der Waals surface area contributed by atoms with Gasteiger partial charge < -0.3 is 14.2 Å². The number of hydrogen-bond donors (Lipinski definition) is 0. The number of ether oxygens (including phenoxy) is 3. The van der Waals surface area contributed by atoms with Crippen LogP contribution in [0.2, 0.25) is 0 Å². The molecule has 0 N–H and O–H groups in total. The number of nitrogens with zero attached hydrogens (tertiary/aromatic N) is 1. The second kappa shape index (κ2) is 5.30. The van der Waals surface area contributed by atoms with E-state index in [4.69, 9.17) is 14.2 Å². The third-order valence-corrected chi connectivity index (χ3v) is 3.64. The number of hydrogen-bond acceptors (Lipinski definition) is 6. The molecule has 5 atom stereocenters. The summed E-state index contributed by atoms with van der Waals surface area (Å²) in [5.41, 5.74) is 0. The number of rotatable bonds is 3. The van der Waals surface area contributed by atoms with Crippen LogP contribution in [0.3, 0.4) is 0 Å². The molecule has 2 rings (SSSR count). The van der Waals surface area contributed by atoms with Crippen LogP contribution < -0.4 is 0 Å². The summed E-state index contributed by atoms with van der Waals surface area (Å²) >= 11 is 0. The highest BCUT2D eigenvalue weighted by Gasteiger charge is 2.52. The Morgan fingerprint density at radius 2 is 1.37 bits per heavy atom. The summed E-state index contributed by atoms with van der Waals surface area (Å²) < 4.78 is 16.1. The third kappa shape index (κ3) is 2.50. The van der Waals surface area contributed by atoms with Crippen LogP contribution in [0.5, 0.6) is 0 Å². The Hall–Kier alpha value is -1.40.